The van der Waals surface area contributed by atoms with Crippen LogP contribution >= 0.6 is 11.3 Å². The zero-order valence-corrected chi connectivity index (χ0v) is 11.0. The Morgan fingerprint density at radius 3 is 2.75 bits per heavy atom. The molecule has 2 heterocycles. The van der Waals surface area contributed by atoms with Gasteiger partial charge in [0.1, 0.15) is 0 Å². The molecule has 1 aliphatic heterocycles. The topological polar surface area (TPSA) is 15.3 Å². The van der Waals surface area contributed by atoms with Gasteiger partial charge in [0, 0.05) is 35.9 Å². The second-order valence-corrected chi connectivity index (χ2v) is 5.93. The maximum absolute atomic E-state index is 3.39. The average Bonchev–Trinajstić information content (AvgIpc) is 2.72. The molecule has 0 unspecified atom stereocenters. The van der Waals surface area contributed by atoms with Crippen molar-refractivity contribution in [3.8, 4) is 0 Å². The van der Waals surface area contributed by atoms with E-state index in [0.717, 1.165) is 0 Å². The second kappa shape index (κ2) is 6.38. The number of aryl methyl sites for hydroxylation is 2. The van der Waals surface area contributed by atoms with E-state index in [-0.39, 0.29) is 0 Å². The van der Waals surface area contributed by atoms with Gasteiger partial charge in [-0.2, -0.15) is 0 Å². The third kappa shape index (κ3) is 3.89. The Labute approximate surface area is 103 Å². The fraction of sp³-hybridized carbons (Fsp3) is 0.692. The molecule has 90 valence electrons. The first-order chi connectivity index (χ1) is 7.84. The van der Waals surface area contributed by atoms with Crippen molar-refractivity contribution >= 4 is 11.3 Å². The molecule has 1 aromatic rings. The van der Waals surface area contributed by atoms with Crippen LogP contribution in [0, 0.1) is 6.92 Å². The van der Waals surface area contributed by atoms with Gasteiger partial charge in [-0.05, 0) is 44.9 Å². The molecular formula is C13H22N2S. The van der Waals surface area contributed by atoms with Gasteiger partial charge < -0.3 is 10.2 Å². The lowest BCUT2D eigenvalue weighted by molar-refractivity contribution is 0.237. The van der Waals surface area contributed by atoms with E-state index in [1.807, 2.05) is 11.3 Å². The quantitative estimate of drug-likeness (QED) is 0.792. The van der Waals surface area contributed by atoms with Crippen molar-refractivity contribution in [1.82, 2.24) is 10.2 Å². The van der Waals surface area contributed by atoms with Crippen molar-refractivity contribution in [2.24, 2.45) is 0 Å². The van der Waals surface area contributed by atoms with Gasteiger partial charge in [0.25, 0.3) is 0 Å². The lowest BCUT2D eigenvalue weighted by atomic mass is 10.2. The van der Waals surface area contributed by atoms with E-state index < -0.39 is 0 Å². The highest BCUT2D eigenvalue weighted by Crippen LogP contribution is 2.17. The number of hydrogen-bond acceptors (Lipinski definition) is 3. The molecule has 1 N–H and O–H groups in total. The predicted octanol–water partition coefficient (Wildman–Crippen LogP) is 2.28. The average molecular weight is 238 g/mol. The minimum Gasteiger partial charge on any atom is -0.314 e. The summed E-state index contributed by atoms with van der Waals surface area (Å²) in [6.07, 6.45) is 3.95. The van der Waals surface area contributed by atoms with Crippen LogP contribution in [0.25, 0.3) is 0 Å². The lowest BCUT2D eigenvalue weighted by Crippen LogP contribution is -2.43. The van der Waals surface area contributed by atoms with Gasteiger partial charge in [-0.15, -0.1) is 11.3 Å². The molecule has 0 aliphatic carbocycles. The van der Waals surface area contributed by atoms with E-state index in [0.29, 0.717) is 0 Å². The summed E-state index contributed by atoms with van der Waals surface area (Å²) in [6.45, 7) is 8.28. The van der Waals surface area contributed by atoms with Gasteiger partial charge in [-0.25, -0.2) is 0 Å². The third-order valence-electron chi connectivity index (χ3n) is 3.15. The first-order valence-corrected chi connectivity index (χ1v) is 7.14. The highest BCUT2D eigenvalue weighted by atomic mass is 32.1. The first kappa shape index (κ1) is 12.1. The third-order valence-corrected chi connectivity index (χ3v) is 4.21. The van der Waals surface area contributed by atoms with Crippen molar-refractivity contribution in [2.45, 2.75) is 26.2 Å². The molecule has 0 atom stereocenters. The molecular weight excluding hydrogens is 216 g/mol. The van der Waals surface area contributed by atoms with Crippen LogP contribution in [0.1, 0.15) is 22.6 Å². The zero-order valence-electron chi connectivity index (χ0n) is 10.2. The summed E-state index contributed by atoms with van der Waals surface area (Å²) in [5.74, 6) is 0. The molecule has 0 radical (unpaired) electrons. The molecule has 1 saturated heterocycles. The Kier molecular flexibility index (Phi) is 4.82. The van der Waals surface area contributed by atoms with E-state index in [1.165, 1.54) is 56.9 Å². The lowest BCUT2D eigenvalue weighted by Gasteiger charge is -2.26. The summed E-state index contributed by atoms with van der Waals surface area (Å²) in [5.41, 5.74) is 0. The highest BCUT2D eigenvalue weighted by Gasteiger charge is 2.08. The van der Waals surface area contributed by atoms with Crippen LogP contribution < -0.4 is 5.32 Å². The Morgan fingerprint density at radius 2 is 2.06 bits per heavy atom. The number of rotatable bonds is 5. The van der Waals surface area contributed by atoms with E-state index in [4.69, 9.17) is 0 Å². The molecule has 1 fully saturated rings. The standard InChI is InChI=1S/C13H22N2S/c1-12-5-6-13(16-12)4-2-3-9-15-10-7-14-8-11-15/h5-6,14H,2-4,7-11H2,1H3. The van der Waals surface area contributed by atoms with E-state index >= 15 is 0 Å². The van der Waals surface area contributed by atoms with Crippen LogP contribution in [0.4, 0.5) is 0 Å². The molecule has 3 heteroatoms. The van der Waals surface area contributed by atoms with Gasteiger partial charge in [-0.3, -0.25) is 0 Å². The van der Waals surface area contributed by atoms with Gasteiger partial charge in [0.15, 0.2) is 0 Å². The number of nitrogens with zero attached hydrogens (tertiary/aromatic N) is 1. The van der Waals surface area contributed by atoms with Crippen molar-refractivity contribution in [3.63, 3.8) is 0 Å². The van der Waals surface area contributed by atoms with Crippen LogP contribution in [0.15, 0.2) is 12.1 Å². The second-order valence-electron chi connectivity index (χ2n) is 4.56. The SMILES string of the molecule is Cc1ccc(CCCCN2CCNCC2)s1. The van der Waals surface area contributed by atoms with Crippen molar-refractivity contribution in [3.05, 3.63) is 21.9 Å². The molecule has 1 aromatic heterocycles. The summed E-state index contributed by atoms with van der Waals surface area (Å²) < 4.78 is 0. The summed E-state index contributed by atoms with van der Waals surface area (Å²) >= 11 is 1.95. The molecule has 1 aliphatic rings. The summed E-state index contributed by atoms with van der Waals surface area (Å²) in [7, 11) is 0. The maximum atomic E-state index is 3.39. The van der Waals surface area contributed by atoms with Crippen LogP contribution in [-0.2, 0) is 6.42 Å². The van der Waals surface area contributed by atoms with Crippen molar-refractivity contribution in [2.75, 3.05) is 32.7 Å². The molecule has 0 aromatic carbocycles. The van der Waals surface area contributed by atoms with Gasteiger partial charge >= 0.3 is 0 Å². The zero-order chi connectivity index (χ0) is 11.2. The fourth-order valence-corrected chi connectivity index (χ4v) is 3.12. The molecule has 0 saturated carbocycles. The van der Waals surface area contributed by atoms with Crippen LogP contribution in [0.3, 0.4) is 0 Å². The highest BCUT2D eigenvalue weighted by molar-refractivity contribution is 7.11. The maximum Gasteiger partial charge on any atom is 0.0107 e. The Bertz CT molecular complexity index is 303. The number of unbranched alkanes of at least 4 members (excludes halogenated alkanes) is 1. The summed E-state index contributed by atoms with van der Waals surface area (Å²) in [4.78, 5) is 5.57. The minimum absolute atomic E-state index is 1.17. The molecule has 2 rings (SSSR count). The Morgan fingerprint density at radius 1 is 1.25 bits per heavy atom. The minimum atomic E-state index is 1.17. The van der Waals surface area contributed by atoms with Crippen molar-refractivity contribution in [1.29, 1.82) is 0 Å². The fourth-order valence-electron chi connectivity index (χ4n) is 2.19. The Balaban J connectivity index is 1.57. The van der Waals surface area contributed by atoms with E-state index in [1.54, 1.807) is 4.88 Å². The van der Waals surface area contributed by atoms with E-state index in [9.17, 15) is 0 Å². The van der Waals surface area contributed by atoms with Crippen molar-refractivity contribution < 1.29 is 0 Å². The van der Waals surface area contributed by atoms with Gasteiger partial charge in [0.2, 0.25) is 0 Å². The smallest absolute Gasteiger partial charge is 0.0107 e. The molecule has 0 bridgehead atoms. The Hall–Kier alpha value is -0.380. The van der Waals surface area contributed by atoms with Gasteiger partial charge in [0.05, 0.1) is 0 Å². The first-order valence-electron chi connectivity index (χ1n) is 6.33. The molecule has 2 nitrogen and oxygen atoms in total. The predicted molar refractivity (Wildman–Crippen MR) is 71.3 cm³/mol. The monoisotopic (exact) mass is 238 g/mol. The van der Waals surface area contributed by atoms with Crippen LogP contribution in [0.2, 0.25) is 0 Å². The van der Waals surface area contributed by atoms with Crippen LogP contribution in [-0.4, -0.2) is 37.6 Å². The van der Waals surface area contributed by atoms with Gasteiger partial charge in [-0.1, -0.05) is 0 Å². The number of piperazine rings is 1. The number of hydrogen-bond donors (Lipinski definition) is 1. The van der Waals surface area contributed by atoms with E-state index in [2.05, 4.69) is 29.3 Å². The number of nitrogens with one attached hydrogen (secondary N) is 1. The largest absolute Gasteiger partial charge is 0.314 e. The normalized spacial score (nSPS) is 17.8. The summed E-state index contributed by atoms with van der Waals surface area (Å²) in [5, 5.41) is 3.39. The molecule has 16 heavy (non-hydrogen) atoms. The van der Waals surface area contributed by atoms with Crippen LogP contribution in [0.5, 0.6) is 0 Å². The number of thiophene rings is 1. The summed E-state index contributed by atoms with van der Waals surface area (Å²) in [6, 6.07) is 4.51. The molecule has 0 spiro atoms. The molecule has 0 amide bonds.